The number of hydrogen-bond donors (Lipinski definition) is 5. The molecule has 0 aliphatic heterocycles. The molecule has 0 bridgehead atoms. The van der Waals surface area contributed by atoms with E-state index in [2.05, 4.69) is 5.84 Å². The van der Waals surface area contributed by atoms with Gasteiger partial charge in [-0.2, -0.15) is 8.42 Å². The summed E-state index contributed by atoms with van der Waals surface area (Å²) in [6.07, 6.45) is -1.22. The first-order chi connectivity index (χ1) is 4.27. The lowest BCUT2D eigenvalue weighted by molar-refractivity contribution is 0.194. The molecule has 8 nitrogen and oxygen atoms in total. The van der Waals surface area contributed by atoms with Gasteiger partial charge in [0.15, 0.2) is 0 Å². The fourth-order valence-electron chi connectivity index (χ4n) is 0. The quantitative estimate of drug-likeness (QED) is 0.129. The van der Waals surface area contributed by atoms with Gasteiger partial charge in [0.25, 0.3) is 0 Å². The average Bonchev–Trinajstić information content (AvgIpc) is 1.61. The van der Waals surface area contributed by atoms with Crippen LogP contribution >= 0.6 is 0 Å². The van der Waals surface area contributed by atoms with Crippen LogP contribution in [-0.2, 0) is 10.4 Å². The smallest absolute Gasteiger partial charge is 0.418 e. The predicted molar refractivity (Wildman–Crippen MR) is 29.5 cm³/mol. The lowest BCUT2D eigenvalue weighted by Gasteiger charge is -1.79. The van der Waals surface area contributed by atoms with Gasteiger partial charge in [0.05, 0.1) is 0 Å². The molecule has 0 unspecified atom stereocenters. The molecule has 0 atom stereocenters. The van der Waals surface area contributed by atoms with E-state index in [1.165, 1.54) is 5.43 Å². The second-order valence-corrected chi connectivity index (χ2v) is 1.79. The Bertz CT molecular complexity index is 174. The van der Waals surface area contributed by atoms with Crippen LogP contribution < -0.4 is 11.3 Å². The topological polar surface area (TPSA) is 150 Å². The first-order valence-electron chi connectivity index (χ1n) is 1.66. The Kier molecular flexibility index (Phi) is 5.84. The lowest BCUT2D eigenvalue weighted by Crippen LogP contribution is -2.27. The van der Waals surface area contributed by atoms with E-state index in [0.29, 0.717) is 0 Å². The Labute approximate surface area is 56.2 Å². The largest absolute Gasteiger partial charge is 0.464 e. The van der Waals surface area contributed by atoms with Crippen molar-refractivity contribution in [1.82, 2.24) is 5.43 Å². The summed E-state index contributed by atoms with van der Waals surface area (Å²) >= 11 is 0. The molecule has 62 valence electrons. The Morgan fingerprint density at radius 3 is 1.50 bits per heavy atom. The molecule has 0 aromatic rings. The SMILES string of the molecule is NNC(=O)O.O=S(=O)(O)O. The third kappa shape index (κ3) is 218. The molecule has 10 heavy (non-hydrogen) atoms. The van der Waals surface area contributed by atoms with E-state index in [9.17, 15) is 0 Å². The van der Waals surface area contributed by atoms with Crippen molar-refractivity contribution >= 4 is 16.5 Å². The molecule has 1 amide bonds. The zero-order valence-corrected chi connectivity index (χ0v) is 5.37. The summed E-state index contributed by atoms with van der Waals surface area (Å²) in [7, 11) is -4.67. The number of hydrogen-bond acceptors (Lipinski definition) is 4. The highest BCUT2D eigenvalue weighted by Crippen LogP contribution is 1.59. The van der Waals surface area contributed by atoms with Crippen LogP contribution in [0.15, 0.2) is 0 Å². The van der Waals surface area contributed by atoms with E-state index in [0.717, 1.165) is 0 Å². The van der Waals surface area contributed by atoms with Crippen LogP contribution in [0.4, 0.5) is 4.79 Å². The number of nitrogens with one attached hydrogen (secondary N) is 1. The van der Waals surface area contributed by atoms with E-state index >= 15 is 0 Å². The second kappa shape index (κ2) is 4.93. The van der Waals surface area contributed by atoms with Crippen LogP contribution in [0.25, 0.3) is 0 Å². The van der Waals surface area contributed by atoms with Gasteiger partial charge in [-0.15, -0.1) is 0 Å². The van der Waals surface area contributed by atoms with Gasteiger partial charge in [-0.25, -0.2) is 10.6 Å². The monoisotopic (exact) mass is 174 g/mol. The molecule has 0 aliphatic rings. The van der Waals surface area contributed by atoms with Crippen molar-refractivity contribution in [1.29, 1.82) is 0 Å². The van der Waals surface area contributed by atoms with Crippen LogP contribution in [-0.4, -0.2) is 28.7 Å². The summed E-state index contributed by atoms with van der Waals surface area (Å²) in [6.45, 7) is 0. The summed E-state index contributed by atoms with van der Waals surface area (Å²) in [5.74, 6) is 4.32. The summed E-state index contributed by atoms with van der Waals surface area (Å²) in [6, 6.07) is 0. The molecule has 0 aromatic heterocycles. The fourth-order valence-corrected chi connectivity index (χ4v) is 0. The van der Waals surface area contributed by atoms with Crippen LogP contribution in [0.5, 0.6) is 0 Å². The summed E-state index contributed by atoms with van der Waals surface area (Å²) in [5.41, 5.74) is 1.44. The summed E-state index contributed by atoms with van der Waals surface area (Å²) in [5, 5.41) is 7.49. The minimum absolute atomic E-state index is 1.22. The van der Waals surface area contributed by atoms with Crippen LogP contribution in [0.2, 0.25) is 0 Å². The van der Waals surface area contributed by atoms with E-state index in [1.54, 1.807) is 0 Å². The van der Waals surface area contributed by atoms with Gasteiger partial charge in [0.1, 0.15) is 0 Å². The van der Waals surface area contributed by atoms with Crippen molar-refractivity contribution < 1.29 is 27.4 Å². The van der Waals surface area contributed by atoms with Crippen molar-refractivity contribution in [3.8, 4) is 0 Å². The van der Waals surface area contributed by atoms with Crippen molar-refractivity contribution in [3.63, 3.8) is 0 Å². The summed E-state index contributed by atoms with van der Waals surface area (Å²) in [4.78, 5) is 9.13. The maximum absolute atomic E-state index is 9.13. The van der Waals surface area contributed by atoms with Crippen LogP contribution in [0, 0.1) is 0 Å². The highest BCUT2D eigenvalue weighted by atomic mass is 32.3. The summed E-state index contributed by atoms with van der Waals surface area (Å²) < 4.78 is 31.6. The first kappa shape index (κ1) is 11.8. The van der Waals surface area contributed by atoms with Gasteiger partial charge < -0.3 is 5.11 Å². The first-order valence-corrected chi connectivity index (χ1v) is 3.06. The van der Waals surface area contributed by atoms with Crippen molar-refractivity contribution in [3.05, 3.63) is 0 Å². The third-order valence-corrected chi connectivity index (χ3v) is 0.123. The molecule has 0 fully saturated rings. The molecule has 0 saturated heterocycles. The zero-order chi connectivity index (χ0) is 8.78. The highest BCUT2D eigenvalue weighted by molar-refractivity contribution is 7.79. The van der Waals surface area contributed by atoms with Gasteiger partial charge in [-0.05, 0) is 0 Å². The number of carbonyl (C=O) groups is 1. The number of rotatable bonds is 0. The van der Waals surface area contributed by atoms with Crippen molar-refractivity contribution in [2.45, 2.75) is 0 Å². The minimum atomic E-state index is -4.67. The van der Waals surface area contributed by atoms with Crippen LogP contribution in [0.3, 0.4) is 0 Å². The van der Waals surface area contributed by atoms with Gasteiger partial charge in [0, 0.05) is 0 Å². The number of nitrogens with two attached hydrogens (primary N) is 1. The minimum Gasteiger partial charge on any atom is -0.464 e. The molecular weight excluding hydrogens is 168 g/mol. The third-order valence-electron chi connectivity index (χ3n) is 0.123. The van der Waals surface area contributed by atoms with Crippen LogP contribution in [0.1, 0.15) is 0 Å². The fraction of sp³-hybridized carbons (Fsp3) is 0. The number of amides is 1. The number of carboxylic acid groups (broad SMARTS) is 1. The standard InChI is InChI=1S/CH4N2O2.H2O4S/c2-3-1(4)5;1-5(2,3)4/h3H,2H2,(H,4,5);(H2,1,2,3,4). The Morgan fingerprint density at radius 1 is 1.40 bits per heavy atom. The predicted octanol–water partition coefficient (Wildman–Crippen LogP) is -1.53. The second-order valence-electron chi connectivity index (χ2n) is 0.897. The maximum atomic E-state index is 9.13. The normalized spacial score (nSPS) is 9.10. The average molecular weight is 174 g/mol. The molecule has 0 heterocycles. The Hall–Kier alpha value is -0.900. The van der Waals surface area contributed by atoms with E-state index in [-0.39, 0.29) is 0 Å². The van der Waals surface area contributed by atoms with Gasteiger partial charge in [0.2, 0.25) is 0 Å². The number of hydrazine groups is 1. The van der Waals surface area contributed by atoms with Gasteiger partial charge >= 0.3 is 16.5 Å². The van der Waals surface area contributed by atoms with Gasteiger partial charge in [-0.3, -0.25) is 14.5 Å². The molecule has 0 radical (unpaired) electrons. The lowest BCUT2D eigenvalue weighted by atomic mass is 11.3. The Morgan fingerprint density at radius 2 is 1.50 bits per heavy atom. The molecule has 0 aliphatic carbocycles. The van der Waals surface area contributed by atoms with Gasteiger partial charge in [-0.1, -0.05) is 0 Å². The van der Waals surface area contributed by atoms with E-state index < -0.39 is 16.5 Å². The molecule has 9 heteroatoms. The zero-order valence-electron chi connectivity index (χ0n) is 4.55. The molecular formula is CH6N2O6S. The Balaban J connectivity index is 0. The molecule has 0 spiro atoms. The van der Waals surface area contributed by atoms with Crippen molar-refractivity contribution in [2.75, 3.05) is 0 Å². The molecule has 0 aromatic carbocycles. The van der Waals surface area contributed by atoms with Crippen molar-refractivity contribution in [2.24, 2.45) is 5.84 Å². The van der Waals surface area contributed by atoms with E-state index in [4.69, 9.17) is 27.4 Å². The van der Waals surface area contributed by atoms with E-state index in [1.807, 2.05) is 0 Å². The maximum Gasteiger partial charge on any atom is 0.418 e. The molecule has 0 saturated carbocycles. The highest BCUT2D eigenvalue weighted by Gasteiger charge is 1.84. The molecule has 6 N–H and O–H groups in total. The molecule has 0 rings (SSSR count).